The first kappa shape index (κ1) is 10.9. The highest BCUT2D eigenvalue weighted by molar-refractivity contribution is 5.85. The second-order valence-corrected chi connectivity index (χ2v) is 2.08. The molecule has 0 heterocycles. The average molecular weight is 176 g/mol. The van der Waals surface area contributed by atoms with Gasteiger partial charge in [-0.2, -0.15) is 0 Å². The highest BCUT2D eigenvalue weighted by Gasteiger charge is 2.08. The van der Waals surface area contributed by atoms with Gasteiger partial charge in [-0.1, -0.05) is 0 Å². The molecule has 0 aromatic rings. The number of carbonyl (C=O) groups excluding carboxylic acids is 1. The van der Waals surface area contributed by atoms with Crippen molar-refractivity contribution in [3.63, 3.8) is 0 Å². The van der Waals surface area contributed by atoms with E-state index in [9.17, 15) is 4.79 Å². The third-order valence-corrected chi connectivity index (χ3v) is 1.12. The Balaban J connectivity index is 3.38. The predicted molar refractivity (Wildman–Crippen MR) is 40.1 cm³/mol. The molecule has 0 aliphatic rings. The normalized spacial score (nSPS) is 9.17. The van der Waals surface area contributed by atoms with E-state index in [0.717, 1.165) is 0 Å². The van der Waals surface area contributed by atoms with E-state index in [4.69, 9.17) is 10.4 Å². The molecule has 5 heteroatoms. The summed E-state index contributed by atoms with van der Waals surface area (Å²) in [4.78, 5) is 14.2. The van der Waals surface area contributed by atoms with Crippen molar-refractivity contribution in [2.75, 3.05) is 13.2 Å². The Morgan fingerprint density at radius 2 is 2.08 bits per heavy atom. The van der Waals surface area contributed by atoms with Gasteiger partial charge in [0.05, 0.1) is 6.61 Å². The Bertz CT molecular complexity index is 154. The number of hydrogen-bond acceptors (Lipinski definition) is 5. The summed E-state index contributed by atoms with van der Waals surface area (Å²) in [5, 5.41) is 16.3. The summed E-state index contributed by atoms with van der Waals surface area (Å²) >= 11 is 0. The molecule has 0 aliphatic carbocycles. The molecule has 0 radical (unpaired) electrons. The van der Waals surface area contributed by atoms with Crippen LogP contribution in [0.5, 0.6) is 0 Å². The highest BCUT2D eigenvalue weighted by atomic mass is 17.1. The van der Waals surface area contributed by atoms with Crippen molar-refractivity contribution in [3.8, 4) is 0 Å². The molecular weight excluding hydrogens is 164 g/mol. The summed E-state index contributed by atoms with van der Waals surface area (Å²) in [5.74, 6) is -1.24. The van der Waals surface area contributed by atoms with Gasteiger partial charge >= 0.3 is 5.97 Å². The molecule has 0 amide bonds. The minimum absolute atomic E-state index is 0.0645. The van der Waals surface area contributed by atoms with Gasteiger partial charge in [0.2, 0.25) is 5.76 Å². The fourth-order valence-electron chi connectivity index (χ4n) is 0.496. The molecule has 2 N–H and O–H groups in total. The van der Waals surface area contributed by atoms with Crippen LogP contribution in [-0.4, -0.2) is 29.5 Å². The number of aliphatic hydroxyl groups is 1. The maximum Gasteiger partial charge on any atom is 0.377 e. The number of rotatable bonds is 6. The second-order valence-electron chi connectivity index (χ2n) is 2.08. The Morgan fingerprint density at radius 1 is 1.42 bits per heavy atom. The lowest BCUT2D eigenvalue weighted by atomic mass is 10.3. The van der Waals surface area contributed by atoms with Gasteiger partial charge in [-0.25, -0.2) is 10.1 Å². The van der Waals surface area contributed by atoms with E-state index >= 15 is 0 Å². The fourth-order valence-corrected chi connectivity index (χ4v) is 0.496. The maximum absolute atomic E-state index is 10.7. The number of ether oxygens (including phenoxy) is 1. The van der Waals surface area contributed by atoms with Crippen LogP contribution in [0.4, 0.5) is 0 Å². The minimum atomic E-state index is -0.796. The zero-order chi connectivity index (χ0) is 9.40. The summed E-state index contributed by atoms with van der Waals surface area (Å²) in [5.41, 5.74) is 0. The molecule has 0 rings (SSSR count). The van der Waals surface area contributed by atoms with Gasteiger partial charge in [-0.05, 0) is 19.4 Å². The van der Waals surface area contributed by atoms with E-state index in [2.05, 4.69) is 16.2 Å². The van der Waals surface area contributed by atoms with E-state index in [0.29, 0.717) is 12.8 Å². The highest BCUT2D eigenvalue weighted by Crippen LogP contribution is 1.96. The van der Waals surface area contributed by atoms with E-state index in [1.54, 1.807) is 0 Å². The lowest BCUT2D eigenvalue weighted by molar-refractivity contribution is -0.211. The third-order valence-electron chi connectivity index (χ3n) is 1.12. The van der Waals surface area contributed by atoms with Crippen LogP contribution in [0.15, 0.2) is 12.3 Å². The lowest BCUT2D eigenvalue weighted by Crippen LogP contribution is -2.09. The third kappa shape index (κ3) is 4.70. The smallest absolute Gasteiger partial charge is 0.377 e. The van der Waals surface area contributed by atoms with Crippen LogP contribution in [-0.2, 0) is 14.4 Å². The molecule has 0 unspecified atom stereocenters. The largest absolute Gasteiger partial charge is 0.460 e. The predicted octanol–water partition coefficient (Wildman–Crippen LogP) is 0.305. The molecule has 0 saturated carbocycles. The van der Waals surface area contributed by atoms with Gasteiger partial charge in [0.25, 0.3) is 0 Å². The average Bonchev–Trinajstić information content (AvgIpc) is 2.10. The summed E-state index contributed by atoms with van der Waals surface area (Å²) in [6.45, 7) is 3.32. The van der Waals surface area contributed by atoms with Gasteiger partial charge in [-0.15, -0.1) is 0 Å². The van der Waals surface area contributed by atoms with Crippen LogP contribution in [0.1, 0.15) is 12.8 Å². The quantitative estimate of drug-likeness (QED) is 0.152. The molecular formula is C7H12O5. The molecule has 0 fully saturated rings. The molecule has 12 heavy (non-hydrogen) atoms. The van der Waals surface area contributed by atoms with Crippen LogP contribution >= 0.6 is 0 Å². The van der Waals surface area contributed by atoms with E-state index in [1.165, 1.54) is 0 Å². The molecule has 0 saturated heterocycles. The molecule has 0 spiro atoms. The monoisotopic (exact) mass is 176 g/mol. The number of unbranched alkanes of at least 4 members (excludes halogenated alkanes) is 1. The molecule has 0 aromatic heterocycles. The van der Waals surface area contributed by atoms with Crippen molar-refractivity contribution in [1.82, 2.24) is 0 Å². The van der Waals surface area contributed by atoms with E-state index in [-0.39, 0.29) is 13.2 Å². The SMILES string of the molecule is C=C(OO)C(=O)OCCCCO. The summed E-state index contributed by atoms with van der Waals surface area (Å²) in [6.07, 6.45) is 1.14. The molecule has 0 atom stereocenters. The van der Waals surface area contributed by atoms with E-state index < -0.39 is 11.7 Å². The Hall–Kier alpha value is -1.07. The number of carbonyl (C=O) groups is 1. The van der Waals surface area contributed by atoms with Crippen molar-refractivity contribution in [2.24, 2.45) is 0 Å². The van der Waals surface area contributed by atoms with Gasteiger partial charge in [0, 0.05) is 6.61 Å². The summed E-state index contributed by atoms with van der Waals surface area (Å²) in [6, 6.07) is 0. The van der Waals surface area contributed by atoms with Gasteiger partial charge in [-0.3, -0.25) is 0 Å². The number of aliphatic hydroxyl groups excluding tert-OH is 1. The van der Waals surface area contributed by atoms with Gasteiger partial charge in [0.1, 0.15) is 0 Å². The van der Waals surface area contributed by atoms with Crippen LogP contribution in [0.2, 0.25) is 0 Å². The van der Waals surface area contributed by atoms with Crippen LogP contribution in [0.25, 0.3) is 0 Å². The van der Waals surface area contributed by atoms with E-state index in [1.807, 2.05) is 0 Å². The molecule has 0 aromatic carbocycles. The summed E-state index contributed by atoms with van der Waals surface area (Å²) in [7, 11) is 0. The molecule has 5 nitrogen and oxygen atoms in total. The zero-order valence-corrected chi connectivity index (χ0v) is 6.65. The van der Waals surface area contributed by atoms with Gasteiger partial charge in [0.15, 0.2) is 0 Å². The van der Waals surface area contributed by atoms with Gasteiger partial charge < -0.3 is 14.7 Å². The van der Waals surface area contributed by atoms with Crippen LogP contribution in [0, 0.1) is 0 Å². The molecule has 0 bridgehead atoms. The molecule has 70 valence electrons. The maximum atomic E-state index is 10.7. The minimum Gasteiger partial charge on any atom is -0.460 e. The first-order chi connectivity index (χ1) is 5.72. The number of esters is 1. The Labute approximate surface area is 70.1 Å². The standard InChI is InChI=1S/C7H12O5/c1-6(12-10)7(9)11-5-3-2-4-8/h8,10H,1-5H2. The van der Waals surface area contributed by atoms with Crippen molar-refractivity contribution in [2.45, 2.75) is 12.8 Å². The Morgan fingerprint density at radius 3 is 2.58 bits per heavy atom. The lowest BCUT2D eigenvalue weighted by Gasteiger charge is -2.02. The van der Waals surface area contributed by atoms with Crippen LogP contribution < -0.4 is 0 Å². The molecule has 0 aliphatic heterocycles. The number of hydrogen-bond donors (Lipinski definition) is 2. The first-order valence-corrected chi connectivity index (χ1v) is 3.50. The van der Waals surface area contributed by atoms with Crippen molar-refractivity contribution in [1.29, 1.82) is 0 Å². The Kier molecular flexibility index (Phi) is 6.04. The summed E-state index contributed by atoms with van der Waals surface area (Å²) < 4.78 is 4.56. The van der Waals surface area contributed by atoms with Crippen LogP contribution in [0.3, 0.4) is 0 Å². The first-order valence-electron chi connectivity index (χ1n) is 3.50. The topological polar surface area (TPSA) is 76.0 Å². The van der Waals surface area contributed by atoms with Crippen molar-refractivity contribution < 1.29 is 24.8 Å². The van der Waals surface area contributed by atoms with Crippen molar-refractivity contribution >= 4 is 5.97 Å². The zero-order valence-electron chi connectivity index (χ0n) is 6.65. The van der Waals surface area contributed by atoms with Crippen molar-refractivity contribution in [3.05, 3.63) is 12.3 Å². The fraction of sp³-hybridized carbons (Fsp3) is 0.571. The second kappa shape index (κ2) is 6.63.